The topological polar surface area (TPSA) is 54.1 Å². The van der Waals surface area contributed by atoms with E-state index in [1.807, 2.05) is 0 Å². The van der Waals surface area contributed by atoms with Crippen LogP contribution in [0, 0.1) is 10.5 Å². The number of H-pyrrole nitrogens is 1. The van der Waals surface area contributed by atoms with Crippen LogP contribution in [0.4, 0.5) is 4.39 Å². The van der Waals surface area contributed by atoms with E-state index >= 15 is 0 Å². The number of aromatic amines is 1. The van der Waals surface area contributed by atoms with Gasteiger partial charge in [0.05, 0.1) is 12.1 Å². The van der Waals surface area contributed by atoms with Gasteiger partial charge in [-0.3, -0.25) is 4.79 Å². The zero-order chi connectivity index (χ0) is 14.4. The minimum atomic E-state index is -0.427. The van der Waals surface area contributed by atoms with Crippen molar-refractivity contribution in [1.29, 1.82) is 0 Å². The van der Waals surface area contributed by atoms with Crippen LogP contribution in [-0.4, -0.2) is 24.0 Å². The van der Waals surface area contributed by atoms with Gasteiger partial charge in [-0.05, 0) is 24.3 Å². The monoisotopic (exact) mass is 292 g/mol. The summed E-state index contributed by atoms with van der Waals surface area (Å²) >= 11 is 5.00. The molecule has 4 nitrogen and oxygen atoms in total. The lowest BCUT2D eigenvalue weighted by Crippen LogP contribution is -2.28. The second kappa shape index (κ2) is 6.81. The summed E-state index contributed by atoms with van der Waals surface area (Å²) in [5.74, 6) is -0.549. The van der Waals surface area contributed by atoms with Crippen LogP contribution in [0.5, 0.6) is 5.75 Å². The SMILES string of the molecule is O=C(NCCOc1ccccc1F)c1ccc[nH]c1=S. The number of hydrogen-bond acceptors (Lipinski definition) is 3. The molecule has 2 N–H and O–H groups in total. The van der Waals surface area contributed by atoms with E-state index in [2.05, 4.69) is 10.3 Å². The highest BCUT2D eigenvalue weighted by molar-refractivity contribution is 7.71. The van der Waals surface area contributed by atoms with E-state index in [4.69, 9.17) is 17.0 Å². The highest BCUT2D eigenvalue weighted by atomic mass is 32.1. The predicted molar refractivity (Wildman–Crippen MR) is 75.9 cm³/mol. The van der Waals surface area contributed by atoms with Crippen molar-refractivity contribution in [3.63, 3.8) is 0 Å². The molecule has 2 rings (SSSR count). The first kappa shape index (κ1) is 14.2. The molecule has 6 heteroatoms. The maximum atomic E-state index is 13.3. The van der Waals surface area contributed by atoms with Crippen LogP contribution in [0.15, 0.2) is 42.6 Å². The van der Waals surface area contributed by atoms with Gasteiger partial charge in [-0.25, -0.2) is 4.39 Å². The van der Waals surface area contributed by atoms with Gasteiger partial charge in [-0.1, -0.05) is 24.4 Å². The molecule has 0 spiro atoms. The average Bonchev–Trinajstić information content (AvgIpc) is 2.45. The first-order valence-corrected chi connectivity index (χ1v) is 6.42. The normalized spacial score (nSPS) is 10.1. The molecular formula is C14H13FN2O2S. The fourth-order valence-corrected chi connectivity index (χ4v) is 1.81. The smallest absolute Gasteiger partial charge is 0.254 e. The Balaban J connectivity index is 1.82. The molecule has 0 saturated carbocycles. The zero-order valence-electron chi connectivity index (χ0n) is 10.6. The molecule has 0 fully saturated rings. The van der Waals surface area contributed by atoms with Gasteiger partial charge in [-0.2, -0.15) is 0 Å². The van der Waals surface area contributed by atoms with E-state index < -0.39 is 5.82 Å². The molecule has 0 aliphatic heterocycles. The van der Waals surface area contributed by atoms with Crippen molar-refractivity contribution in [2.45, 2.75) is 0 Å². The summed E-state index contributed by atoms with van der Waals surface area (Å²) in [5.41, 5.74) is 0.397. The minimum Gasteiger partial charge on any atom is -0.489 e. The molecular weight excluding hydrogens is 279 g/mol. The van der Waals surface area contributed by atoms with Crippen LogP contribution < -0.4 is 10.1 Å². The van der Waals surface area contributed by atoms with Crippen LogP contribution in [0.25, 0.3) is 0 Å². The van der Waals surface area contributed by atoms with Gasteiger partial charge < -0.3 is 15.0 Å². The van der Waals surface area contributed by atoms with Crippen LogP contribution in [0.2, 0.25) is 0 Å². The third-order valence-electron chi connectivity index (χ3n) is 2.54. The van der Waals surface area contributed by atoms with Gasteiger partial charge in [0.15, 0.2) is 11.6 Å². The van der Waals surface area contributed by atoms with E-state index in [1.165, 1.54) is 12.1 Å². The molecule has 1 heterocycles. The van der Waals surface area contributed by atoms with Crippen LogP contribution in [0.3, 0.4) is 0 Å². The van der Waals surface area contributed by atoms with Crippen molar-refractivity contribution in [2.24, 2.45) is 0 Å². The Morgan fingerprint density at radius 1 is 1.30 bits per heavy atom. The number of halogens is 1. The molecule has 0 saturated heterocycles. The average molecular weight is 292 g/mol. The van der Waals surface area contributed by atoms with Crippen LogP contribution in [0.1, 0.15) is 10.4 Å². The number of carbonyl (C=O) groups is 1. The molecule has 0 bridgehead atoms. The summed E-state index contributed by atoms with van der Waals surface area (Å²) in [4.78, 5) is 14.6. The van der Waals surface area contributed by atoms with Gasteiger partial charge in [0.25, 0.3) is 5.91 Å². The molecule has 0 atom stereocenters. The summed E-state index contributed by atoms with van der Waals surface area (Å²) < 4.78 is 18.9. The van der Waals surface area contributed by atoms with Crippen LogP contribution in [-0.2, 0) is 0 Å². The lowest BCUT2D eigenvalue weighted by atomic mass is 10.3. The lowest BCUT2D eigenvalue weighted by Gasteiger charge is -2.08. The number of aromatic nitrogens is 1. The third-order valence-corrected chi connectivity index (χ3v) is 2.88. The summed E-state index contributed by atoms with van der Waals surface area (Å²) in [6, 6.07) is 9.44. The van der Waals surface area contributed by atoms with Crippen LogP contribution >= 0.6 is 12.2 Å². The number of rotatable bonds is 5. The second-order valence-corrected chi connectivity index (χ2v) is 4.36. The number of amides is 1. The second-order valence-electron chi connectivity index (χ2n) is 3.95. The number of benzene rings is 1. The summed E-state index contributed by atoms with van der Waals surface area (Å²) in [5, 5.41) is 2.66. The summed E-state index contributed by atoms with van der Waals surface area (Å²) in [6.07, 6.45) is 1.65. The Morgan fingerprint density at radius 2 is 2.10 bits per heavy atom. The van der Waals surface area contributed by atoms with Gasteiger partial charge in [-0.15, -0.1) is 0 Å². The molecule has 0 unspecified atom stereocenters. The number of carbonyl (C=O) groups excluding carboxylic acids is 1. The molecule has 1 aromatic carbocycles. The first-order valence-electron chi connectivity index (χ1n) is 6.01. The molecule has 104 valence electrons. The Morgan fingerprint density at radius 3 is 2.85 bits per heavy atom. The van der Waals surface area contributed by atoms with Crippen molar-refractivity contribution in [3.8, 4) is 5.75 Å². The maximum Gasteiger partial charge on any atom is 0.254 e. The van der Waals surface area contributed by atoms with Gasteiger partial charge in [0.1, 0.15) is 11.2 Å². The van der Waals surface area contributed by atoms with Gasteiger partial charge in [0.2, 0.25) is 0 Å². The van der Waals surface area contributed by atoms with E-state index in [-0.39, 0.29) is 24.8 Å². The number of nitrogens with one attached hydrogen (secondary N) is 2. The van der Waals surface area contributed by atoms with Crippen molar-refractivity contribution in [2.75, 3.05) is 13.2 Å². The van der Waals surface area contributed by atoms with Gasteiger partial charge in [0, 0.05) is 6.20 Å². The fraction of sp³-hybridized carbons (Fsp3) is 0.143. The van der Waals surface area contributed by atoms with Gasteiger partial charge >= 0.3 is 0 Å². The number of hydrogen-bond donors (Lipinski definition) is 2. The number of pyridine rings is 1. The van der Waals surface area contributed by atoms with Crippen molar-refractivity contribution in [3.05, 3.63) is 58.6 Å². The maximum absolute atomic E-state index is 13.3. The predicted octanol–water partition coefficient (Wildman–Crippen LogP) is 2.69. The van der Waals surface area contributed by atoms with E-state index in [0.29, 0.717) is 10.2 Å². The summed E-state index contributed by atoms with van der Waals surface area (Å²) in [7, 11) is 0. The lowest BCUT2D eigenvalue weighted by molar-refractivity contribution is 0.0946. The molecule has 0 radical (unpaired) electrons. The Kier molecular flexibility index (Phi) is 4.84. The fourth-order valence-electron chi connectivity index (χ4n) is 1.58. The molecule has 20 heavy (non-hydrogen) atoms. The Labute approximate surface area is 120 Å². The third kappa shape index (κ3) is 3.64. The minimum absolute atomic E-state index is 0.166. The molecule has 0 aliphatic carbocycles. The molecule has 1 aromatic heterocycles. The van der Waals surface area contributed by atoms with Crippen molar-refractivity contribution in [1.82, 2.24) is 10.3 Å². The number of ether oxygens (including phenoxy) is 1. The highest BCUT2D eigenvalue weighted by Crippen LogP contribution is 2.14. The standard InChI is InChI=1S/C14H13FN2O2S/c15-11-5-1-2-6-12(11)19-9-8-16-13(18)10-4-3-7-17-14(10)20/h1-7H,8-9H2,(H,16,18)(H,17,20). The molecule has 1 amide bonds. The summed E-state index contributed by atoms with van der Waals surface area (Å²) in [6.45, 7) is 0.437. The largest absolute Gasteiger partial charge is 0.489 e. The Bertz CT molecular complexity index is 657. The first-order chi connectivity index (χ1) is 9.68. The van der Waals surface area contributed by atoms with Crippen molar-refractivity contribution < 1.29 is 13.9 Å². The van der Waals surface area contributed by atoms with Crippen molar-refractivity contribution >= 4 is 18.1 Å². The highest BCUT2D eigenvalue weighted by Gasteiger charge is 2.07. The Hall–Kier alpha value is -2.21. The zero-order valence-corrected chi connectivity index (χ0v) is 11.4. The van der Waals surface area contributed by atoms with E-state index in [0.717, 1.165) is 0 Å². The number of para-hydroxylation sites is 1. The molecule has 0 aliphatic rings. The van der Waals surface area contributed by atoms with E-state index in [1.54, 1.807) is 30.5 Å². The molecule has 2 aromatic rings. The quantitative estimate of drug-likeness (QED) is 0.658. The van der Waals surface area contributed by atoms with E-state index in [9.17, 15) is 9.18 Å².